The fourth-order valence-corrected chi connectivity index (χ4v) is 2.92. The molecular weight excluding hydrogens is 344 g/mol. The highest BCUT2D eigenvalue weighted by atomic mass is 16.2. The monoisotopic (exact) mass is 368 g/mol. The number of carbonyl (C=O) groups excluding carboxylic acids is 2. The number of hydrogen-bond donors (Lipinski definition) is 2. The Hall–Kier alpha value is -3.16. The summed E-state index contributed by atoms with van der Waals surface area (Å²) in [5.74, 6) is 1.46. The predicted molar refractivity (Wildman–Crippen MR) is 104 cm³/mol. The average molecular weight is 368 g/mol. The van der Waals surface area contributed by atoms with Crippen molar-refractivity contribution in [1.82, 2.24) is 20.2 Å². The molecule has 0 atom stereocenters. The first-order valence-corrected chi connectivity index (χ1v) is 8.92. The zero-order chi connectivity index (χ0) is 19.2. The van der Waals surface area contributed by atoms with Crippen LogP contribution in [0.1, 0.15) is 15.9 Å². The molecule has 2 aromatic rings. The maximum Gasteiger partial charge on any atom is 0.251 e. The van der Waals surface area contributed by atoms with Crippen molar-refractivity contribution in [3.05, 3.63) is 47.8 Å². The lowest BCUT2D eigenvalue weighted by Crippen LogP contribution is -2.48. The number of carbonyl (C=O) groups is 2. The third-order valence-corrected chi connectivity index (χ3v) is 4.57. The van der Waals surface area contributed by atoms with Gasteiger partial charge in [0.15, 0.2) is 0 Å². The average Bonchev–Trinajstić information content (AvgIpc) is 2.70. The van der Waals surface area contributed by atoms with E-state index in [9.17, 15) is 9.59 Å². The molecule has 0 aliphatic carbocycles. The van der Waals surface area contributed by atoms with Crippen LogP contribution in [0.3, 0.4) is 0 Å². The molecule has 0 saturated carbocycles. The predicted octanol–water partition coefficient (Wildman–Crippen LogP) is 0.769. The SMILES string of the molecule is CNC(=O)c1cccc(CCNc2cc(N3CCN(C)C(=O)C3)ncn2)c1. The molecule has 0 bridgehead atoms. The number of hydrogen-bond acceptors (Lipinski definition) is 6. The van der Waals surface area contributed by atoms with Gasteiger partial charge in [-0.15, -0.1) is 0 Å². The zero-order valence-corrected chi connectivity index (χ0v) is 15.6. The Morgan fingerprint density at radius 3 is 2.85 bits per heavy atom. The van der Waals surface area contributed by atoms with Gasteiger partial charge in [-0.25, -0.2) is 9.97 Å². The second-order valence-corrected chi connectivity index (χ2v) is 6.45. The van der Waals surface area contributed by atoms with Gasteiger partial charge in [-0.05, 0) is 24.1 Å². The molecule has 0 radical (unpaired) electrons. The van der Waals surface area contributed by atoms with Gasteiger partial charge in [0.05, 0.1) is 6.54 Å². The lowest BCUT2D eigenvalue weighted by molar-refractivity contribution is -0.129. The first kappa shape index (κ1) is 18.6. The molecule has 2 N–H and O–H groups in total. The van der Waals surface area contributed by atoms with Crippen molar-refractivity contribution in [2.45, 2.75) is 6.42 Å². The van der Waals surface area contributed by atoms with Crippen LogP contribution in [0, 0.1) is 0 Å². The minimum atomic E-state index is -0.0908. The number of piperazine rings is 1. The zero-order valence-electron chi connectivity index (χ0n) is 15.6. The van der Waals surface area contributed by atoms with E-state index in [2.05, 4.69) is 20.6 Å². The summed E-state index contributed by atoms with van der Waals surface area (Å²) in [6.07, 6.45) is 2.27. The van der Waals surface area contributed by atoms with Crippen LogP contribution in [0.5, 0.6) is 0 Å². The van der Waals surface area contributed by atoms with Crippen LogP contribution < -0.4 is 15.5 Å². The van der Waals surface area contributed by atoms with E-state index < -0.39 is 0 Å². The van der Waals surface area contributed by atoms with Crippen molar-refractivity contribution < 1.29 is 9.59 Å². The smallest absolute Gasteiger partial charge is 0.251 e. The van der Waals surface area contributed by atoms with Gasteiger partial charge < -0.3 is 20.4 Å². The number of amides is 2. The van der Waals surface area contributed by atoms with E-state index in [1.165, 1.54) is 6.33 Å². The Morgan fingerprint density at radius 1 is 1.22 bits per heavy atom. The van der Waals surface area contributed by atoms with Crippen molar-refractivity contribution in [2.75, 3.05) is 50.5 Å². The molecule has 0 spiro atoms. The normalized spacial score (nSPS) is 14.2. The van der Waals surface area contributed by atoms with Crippen LogP contribution in [0.2, 0.25) is 0 Å². The summed E-state index contributed by atoms with van der Waals surface area (Å²) in [4.78, 5) is 35.8. The van der Waals surface area contributed by atoms with Gasteiger partial charge in [-0.2, -0.15) is 0 Å². The summed E-state index contributed by atoms with van der Waals surface area (Å²) in [7, 11) is 3.43. The van der Waals surface area contributed by atoms with Gasteiger partial charge in [-0.1, -0.05) is 12.1 Å². The first-order chi connectivity index (χ1) is 13.1. The molecule has 142 valence electrons. The number of nitrogens with zero attached hydrogens (tertiary/aromatic N) is 4. The number of aromatic nitrogens is 2. The molecule has 1 aliphatic rings. The third kappa shape index (κ3) is 4.72. The summed E-state index contributed by atoms with van der Waals surface area (Å²) in [6, 6.07) is 9.42. The van der Waals surface area contributed by atoms with Gasteiger partial charge in [0.2, 0.25) is 5.91 Å². The van der Waals surface area contributed by atoms with Crippen LogP contribution in [0.4, 0.5) is 11.6 Å². The summed E-state index contributed by atoms with van der Waals surface area (Å²) in [5.41, 5.74) is 1.72. The molecule has 1 aliphatic heterocycles. The molecule has 8 heteroatoms. The second kappa shape index (κ2) is 8.48. The van der Waals surface area contributed by atoms with Crippen LogP contribution in [-0.4, -0.2) is 67.0 Å². The van der Waals surface area contributed by atoms with Crippen LogP contribution in [0.25, 0.3) is 0 Å². The van der Waals surface area contributed by atoms with Crippen LogP contribution >= 0.6 is 0 Å². The van der Waals surface area contributed by atoms with Crippen LogP contribution in [0.15, 0.2) is 36.7 Å². The highest BCUT2D eigenvalue weighted by Crippen LogP contribution is 2.16. The molecule has 0 unspecified atom stereocenters. The number of benzene rings is 1. The van der Waals surface area contributed by atoms with Crippen molar-refractivity contribution >= 4 is 23.5 Å². The molecule has 1 saturated heterocycles. The number of nitrogens with one attached hydrogen (secondary N) is 2. The highest BCUT2D eigenvalue weighted by molar-refractivity contribution is 5.94. The highest BCUT2D eigenvalue weighted by Gasteiger charge is 2.22. The minimum Gasteiger partial charge on any atom is -0.370 e. The summed E-state index contributed by atoms with van der Waals surface area (Å²) in [6.45, 7) is 2.45. The van der Waals surface area contributed by atoms with E-state index in [0.29, 0.717) is 31.0 Å². The number of rotatable bonds is 6. The van der Waals surface area contributed by atoms with Gasteiger partial charge in [0, 0.05) is 45.4 Å². The maximum atomic E-state index is 11.9. The van der Waals surface area contributed by atoms with Crippen molar-refractivity contribution in [1.29, 1.82) is 0 Å². The van der Waals surface area contributed by atoms with Crippen molar-refractivity contribution in [2.24, 2.45) is 0 Å². The molecule has 1 aromatic carbocycles. The second-order valence-electron chi connectivity index (χ2n) is 6.45. The molecule has 3 rings (SSSR count). The van der Waals surface area contributed by atoms with E-state index in [1.54, 1.807) is 18.0 Å². The molecule has 2 amide bonds. The minimum absolute atomic E-state index is 0.0883. The van der Waals surface area contributed by atoms with Gasteiger partial charge >= 0.3 is 0 Å². The molecular formula is C19H24N6O2. The lowest BCUT2D eigenvalue weighted by atomic mass is 10.1. The Bertz CT molecular complexity index is 825. The fraction of sp³-hybridized carbons (Fsp3) is 0.368. The summed E-state index contributed by atoms with van der Waals surface area (Å²) < 4.78 is 0. The Balaban J connectivity index is 1.58. The largest absolute Gasteiger partial charge is 0.370 e. The topological polar surface area (TPSA) is 90.5 Å². The standard InChI is InChI=1S/C19H24N6O2/c1-20-19(27)15-5-3-4-14(10-15)6-7-21-16-11-17(23-13-22-16)25-9-8-24(2)18(26)12-25/h3-5,10-11,13H,6-9,12H2,1-2H3,(H,20,27)(H,21,22,23). The third-order valence-electron chi connectivity index (χ3n) is 4.57. The van der Waals surface area contributed by atoms with E-state index in [4.69, 9.17) is 0 Å². The van der Waals surface area contributed by atoms with E-state index >= 15 is 0 Å². The maximum absolute atomic E-state index is 11.9. The molecule has 27 heavy (non-hydrogen) atoms. The van der Waals surface area contributed by atoms with Crippen LogP contribution in [-0.2, 0) is 11.2 Å². The first-order valence-electron chi connectivity index (χ1n) is 8.92. The quantitative estimate of drug-likeness (QED) is 0.783. The Morgan fingerprint density at radius 2 is 2.07 bits per heavy atom. The molecule has 1 fully saturated rings. The number of anilines is 2. The van der Waals surface area contributed by atoms with E-state index in [0.717, 1.165) is 24.3 Å². The molecule has 2 heterocycles. The Labute approximate surface area is 158 Å². The van der Waals surface area contributed by atoms with Gasteiger partial charge in [-0.3, -0.25) is 9.59 Å². The molecule has 8 nitrogen and oxygen atoms in total. The van der Waals surface area contributed by atoms with Crippen molar-refractivity contribution in [3.8, 4) is 0 Å². The summed E-state index contributed by atoms with van der Waals surface area (Å²) in [5, 5.41) is 5.91. The number of likely N-dealkylation sites (N-methyl/N-ethyl adjacent to an activating group) is 1. The fourth-order valence-electron chi connectivity index (χ4n) is 2.92. The Kier molecular flexibility index (Phi) is 5.85. The van der Waals surface area contributed by atoms with E-state index in [-0.39, 0.29) is 11.8 Å². The molecule has 1 aromatic heterocycles. The summed E-state index contributed by atoms with van der Waals surface area (Å²) >= 11 is 0. The van der Waals surface area contributed by atoms with E-state index in [1.807, 2.05) is 36.2 Å². The van der Waals surface area contributed by atoms with Gasteiger partial charge in [0.25, 0.3) is 5.91 Å². The lowest BCUT2D eigenvalue weighted by Gasteiger charge is -2.32. The van der Waals surface area contributed by atoms with Crippen molar-refractivity contribution in [3.63, 3.8) is 0 Å². The van der Waals surface area contributed by atoms with Gasteiger partial charge in [0.1, 0.15) is 18.0 Å².